The third kappa shape index (κ3) is 8.83. The van der Waals surface area contributed by atoms with Crippen molar-refractivity contribution in [3.63, 3.8) is 0 Å². The van der Waals surface area contributed by atoms with Gasteiger partial charge >= 0.3 is 0 Å². The van der Waals surface area contributed by atoms with Gasteiger partial charge in [0.25, 0.3) is 0 Å². The van der Waals surface area contributed by atoms with Crippen LogP contribution in [0.3, 0.4) is 0 Å². The van der Waals surface area contributed by atoms with E-state index in [9.17, 15) is 9.59 Å². The highest BCUT2D eigenvalue weighted by Crippen LogP contribution is 2.66. The fraction of sp³-hybridized carbons (Fsp3) is 0.448. The van der Waals surface area contributed by atoms with Crippen LogP contribution in [0.25, 0.3) is 20.9 Å². The average molecular weight is 988 g/mol. The Labute approximate surface area is 418 Å². The Bertz CT molecular complexity index is 2450. The van der Waals surface area contributed by atoms with Crippen molar-refractivity contribution in [2.24, 2.45) is 0 Å². The first-order chi connectivity index (χ1) is 32.4. The summed E-state index contributed by atoms with van der Waals surface area (Å²) >= 11 is 11.3. The second-order valence-electron chi connectivity index (χ2n) is 18.8. The van der Waals surface area contributed by atoms with Gasteiger partial charge in [-0.25, -0.2) is 0 Å². The summed E-state index contributed by atoms with van der Waals surface area (Å²) in [6, 6.07) is 28.9. The lowest BCUT2D eigenvalue weighted by Crippen LogP contribution is -2.27. The monoisotopic (exact) mass is 986 g/mol. The third-order valence-electron chi connectivity index (χ3n) is 14.2. The van der Waals surface area contributed by atoms with Crippen LogP contribution in [0.2, 0.25) is 0 Å². The zero-order valence-corrected chi connectivity index (χ0v) is 44.4. The van der Waals surface area contributed by atoms with Crippen LogP contribution < -0.4 is 0 Å². The van der Waals surface area contributed by atoms with Crippen molar-refractivity contribution in [3.05, 3.63) is 144 Å². The first-order valence-electron chi connectivity index (χ1n) is 25.2. The molecule has 8 heteroatoms. The summed E-state index contributed by atoms with van der Waals surface area (Å²) in [7, 11) is 0. The highest BCUT2D eigenvalue weighted by atomic mass is 32.1. The lowest BCUT2D eigenvalue weighted by molar-refractivity contribution is 0.111. The quantitative estimate of drug-likeness (QED) is 0.0400. The van der Waals surface area contributed by atoms with Crippen LogP contribution in [0.5, 0.6) is 0 Å². The SMILES string of the molecule is CCCCCCc1ccc(C2(c3ccc(CCCCCC)s3)c3cc4c(cc3-c3sc(C=O)cc32)C(c2ccc(CCCCCC)s2)(c2ccc(CCCCCC)s2)c2cc(C=O)sc2-4)s1. The van der Waals surface area contributed by atoms with E-state index < -0.39 is 10.8 Å². The van der Waals surface area contributed by atoms with E-state index >= 15 is 0 Å². The molecule has 1 aromatic carbocycles. The molecule has 0 saturated carbocycles. The number of fused-ring (bicyclic) bond motifs is 6. The van der Waals surface area contributed by atoms with E-state index in [1.54, 1.807) is 22.7 Å². The molecule has 0 atom stereocenters. The predicted octanol–water partition coefficient (Wildman–Crippen LogP) is 18.9. The van der Waals surface area contributed by atoms with E-state index in [1.165, 1.54) is 185 Å². The fourth-order valence-corrected chi connectivity index (χ4v) is 18.2. The van der Waals surface area contributed by atoms with Crippen LogP contribution in [-0.4, -0.2) is 12.6 Å². The number of unbranched alkanes of at least 4 members (excludes halogenated alkanes) is 12. The summed E-state index contributed by atoms with van der Waals surface area (Å²) in [5.74, 6) is 0. The summed E-state index contributed by atoms with van der Waals surface area (Å²) in [5, 5.41) is 0. The maximum absolute atomic E-state index is 12.9. The summed E-state index contributed by atoms with van der Waals surface area (Å²) in [6.45, 7) is 9.15. The maximum Gasteiger partial charge on any atom is 0.160 e. The molecule has 66 heavy (non-hydrogen) atoms. The summed E-state index contributed by atoms with van der Waals surface area (Å²) in [4.78, 5) is 41.1. The topological polar surface area (TPSA) is 34.1 Å². The van der Waals surface area contributed by atoms with Gasteiger partial charge in [-0.05, 0) is 158 Å². The number of hydrogen-bond donors (Lipinski definition) is 0. The van der Waals surface area contributed by atoms with Gasteiger partial charge in [-0.1, -0.05) is 105 Å². The molecule has 0 bridgehead atoms. The molecular formula is C58H66O2S6. The van der Waals surface area contributed by atoms with Crippen molar-refractivity contribution in [2.45, 2.75) is 167 Å². The molecule has 7 aromatic rings. The smallest absolute Gasteiger partial charge is 0.160 e. The Morgan fingerprint density at radius 1 is 0.364 bits per heavy atom. The maximum atomic E-state index is 12.9. The molecule has 0 unspecified atom stereocenters. The second-order valence-corrected chi connectivity index (χ2v) is 25.6. The summed E-state index contributed by atoms with van der Waals surface area (Å²) in [5.41, 5.74) is 6.60. The zero-order chi connectivity index (χ0) is 45.7. The summed E-state index contributed by atoms with van der Waals surface area (Å²) < 4.78 is 0. The lowest BCUT2D eigenvalue weighted by atomic mass is 9.73. The Kier molecular flexibility index (Phi) is 15.6. The normalized spacial score (nSPS) is 14.1. The minimum Gasteiger partial charge on any atom is -0.297 e. The molecule has 0 spiro atoms. The van der Waals surface area contributed by atoms with Crippen LogP contribution in [0.1, 0.15) is 211 Å². The van der Waals surface area contributed by atoms with Gasteiger partial charge in [0.05, 0.1) is 20.6 Å². The first kappa shape index (κ1) is 47.8. The number of thiophene rings is 6. The molecule has 6 heterocycles. The van der Waals surface area contributed by atoms with Crippen LogP contribution in [-0.2, 0) is 36.5 Å². The van der Waals surface area contributed by atoms with Crippen molar-refractivity contribution in [1.82, 2.24) is 0 Å². The molecule has 0 N–H and O–H groups in total. The molecule has 0 radical (unpaired) electrons. The molecule has 346 valence electrons. The van der Waals surface area contributed by atoms with E-state index in [4.69, 9.17) is 0 Å². The molecule has 6 aromatic heterocycles. The van der Waals surface area contributed by atoms with E-state index in [-0.39, 0.29) is 0 Å². The van der Waals surface area contributed by atoms with Crippen LogP contribution in [0, 0.1) is 0 Å². The van der Waals surface area contributed by atoms with Crippen LogP contribution in [0.4, 0.5) is 0 Å². The third-order valence-corrected chi connectivity index (χ3v) is 21.5. The number of hydrogen-bond acceptors (Lipinski definition) is 8. The van der Waals surface area contributed by atoms with E-state index in [0.29, 0.717) is 0 Å². The van der Waals surface area contributed by atoms with Gasteiger partial charge in [-0.15, -0.1) is 68.0 Å². The number of aryl methyl sites for hydroxylation is 4. The molecule has 9 rings (SSSR count). The average Bonchev–Trinajstić information content (AvgIpc) is 4.20. The Balaban J connectivity index is 1.28. The number of rotatable bonds is 26. The van der Waals surface area contributed by atoms with Gasteiger partial charge < -0.3 is 0 Å². The van der Waals surface area contributed by atoms with Crippen molar-refractivity contribution < 1.29 is 9.59 Å². The van der Waals surface area contributed by atoms with Crippen molar-refractivity contribution in [1.29, 1.82) is 0 Å². The van der Waals surface area contributed by atoms with Gasteiger partial charge in [-0.2, -0.15) is 0 Å². The number of carbonyl (C=O) groups is 2. The van der Waals surface area contributed by atoms with E-state index in [2.05, 4.69) is 100 Å². The standard InChI is InChI=1S/C58H66O2S6/c1-5-9-13-17-21-39-25-29-51(61-39)57(52-30-26-40(62-52)22-18-14-10-6-2)47-35-46-48(36-45(47)55-49(57)33-43(37-59)65-55)58(50-34-44(38-60)66-56(46)50,53-31-27-41(63-53)23-19-15-11-7-3)54-32-28-42(64-54)24-20-16-12-8-4/h25-38H,5-24H2,1-4H3. The minimum absolute atomic E-state index is 0.546. The van der Waals surface area contributed by atoms with Gasteiger partial charge in [-0.3, -0.25) is 9.59 Å². The molecule has 0 saturated heterocycles. The Hall–Kier alpha value is -3.24. The highest BCUT2D eigenvalue weighted by molar-refractivity contribution is 7.18. The number of benzene rings is 1. The molecule has 2 nitrogen and oxygen atoms in total. The van der Waals surface area contributed by atoms with Gasteiger partial charge in [0.1, 0.15) is 0 Å². The van der Waals surface area contributed by atoms with E-state index in [0.717, 1.165) is 48.0 Å². The second kappa shape index (κ2) is 21.6. The first-order valence-corrected chi connectivity index (χ1v) is 30.1. The molecule has 0 amide bonds. The molecule has 0 fully saturated rings. The number of aldehydes is 2. The lowest BCUT2D eigenvalue weighted by Gasteiger charge is -2.32. The van der Waals surface area contributed by atoms with Crippen molar-refractivity contribution >= 4 is 80.6 Å². The fourth-order valence-electron chi connectivity index (χ4n) is 10.8. The Morgan fingerprint density at radius 3 is 0.939 bits per heavy atom. The molecular weight excluding hydrogens is 921 g/mol. The highest BCUT2D eigenvalue weighted by Gasteiger charge is 2.54. The van der Waals surface area contributed by atoms with Crippen molar-refractivity contribution in [2.75, 3.05) is 0 Å². The zero-order valence-electron chi connectivity index (χ0n) is 39.5. The van der Waals surface area contributed by atoms with Crippen LogP contribution in [0.15, 0.2) is 72.8 Å². The van der Waals surface area contributed by atoms with Crippen molar-refractivity contribution in [3.8, 4) is 20.9 Å². The van der Waals surface area contributed by atoms with Gasteiger partial charge in [0.2, 0.25) is 0 Å². The largest absolute Gasteiger partial charge is 0.297 e. The number of carbonyl (C=O) groups excluding carboxylic acids is 2. The van der Waals surface area contributed by atoms with E-state index in [1.807, 2.05) is 45.3 Å². The van der Waals surface area contributed by atoms with Gasteiger partial charge in [0, 0.05) is 48.8 Å². The predicted molar refractivity (Wildman–Crippen MR) is 290 cm³/mol. The summed E-state index contributed by atoms with van der Waals surface area (Å²) in [6.07, 6.45) is 26.5. The van der Waals surface area contributed by atoms with Gasteiger partial charge in [0.15, 0.2) is 12.6 Å². The minimum atomic E-state index is -0.546. The van der Waals surface area contributed by atoms with Crippen LogP contribution >= 0.6 is 68.0 Å². The molecule has 0 aliphatic heterocycles. The molecule has 2 aliphatic carbocycles. The molecule has 2 aliphatic rings. The Morgan fingerprint density at radius 2 is 0.667 bits per heavy atom.